The highest BCUT2D eigenvalue weighted by atomic mass is 32.2. The van der Waals surface area contributed by atoms with Gasteiger partial charge in [0.1, 0.15) is 0 Å². The fraction of sp³-hybridized carbons (Fsp3) is 0.750. The minimum Gasteiger partial charge on any atom is -0.378 e. The lowest BCUT2D eigenvalue weighted by Crippen LogP contribution is -2.19. The molecule has 0 heterocycles. The fourth-order valence-electron chi connectivity index (χ4n) is 2.53. The fourth-order valence-corrected chi connectivity index (χ4v) is 3.44. The molecule has 1 aromatic carbocycles. The van der Waals surface area contributed by atoms with Gasteiger partial charge in [0.2, 0.25) is 0 Å². The second-order valence-corrected chi connectivity index (χ2v) is 9.29. The van der Waals surface area contributed by atoms with Crippen molar-refractivity contribution in [1.29, 1.82) is 0 Å². The van der Waals surface area contributed by atoms with Crippen LogP contribution in [0.25, 0.3) is 0 Å². The molecule has 0 aromatic heterocycles. The summed E-state index contributed by atoms with van der Waals surface area (Å²) >= 11 is 0. The molecule has 0 bridgehead atoms. The average Bonchev–Trinajstić information content (AvgIpc) is 2.87. The summed E-state index contributed by atoms with van der Waals surface area (Å²) in [7, 11) is 0.279. The number of likely N-dealkylation sites (N-methyl/N-ethyl adjacent to an activating group) is 1. The van der Waals surface area contributed by atoms with E-state index in [2.05, 4.69) is 4.90 Å². The van der Waals surface area contributed by atoms with Crippen molar-refractivity contribution in [3.05, 3.63) is 30.3 Å². The van der Waals surface area contributed by atoms with E-state index in [4.69, 9.17) is 37.3 Å². The number of hydrogen-bond acceptors (Lipinski definition) is 11. The monoisotopic (exact) mass is 537 g/mol. The van der Waals surface area contributed by atoms with E-state index in [-0.39, 0.29) is 18.1 Å². The number of nitrogens with zero attached hydrogens (tertiary/aromatic N) is 1. The molecule has 0 spiro atoms. The molecule has 0 unspecified atom stereocenters. The quantitative estimate of drug-likeness (QED) is 0.125. The lowest BCUT2D eigenvalue weighted by molar-refractivity contribution is -0.0214. The van der Waals surface area contributed by atoms with Crippen LogP contribution >= 0.6 is 0 Å². The van der Waals surface area contributed by atoms with Crippen LogP contribution in [0.5, 0.6) is 0 Å². The van der Waals surface area contributed by atoms with Crippen LogP contribution in [0, 0.1) is 0 Å². The molecule has 12 heteroatoms. The summed E-state index contributed by atoms with van der Waals surface area (Å²) in [4.78, 5) is 2.20. The first kappa shape index (κ1) is 32.8. The molecule has 0 aliphatic rings. The maximum atomic E-state index is 11.9. The molecule has 0 saturated carbocycles. The maximum Gasteiger partial charge on any atom is 0.297 e. The van der Waals surface area contributed by atoms with E-state index in [0.29, 0.717) is 85.9 Å². The molecule has 0 saturated heterocycles. The van der Waals surface area contributed by atoms with Gasteiger partial charge in [0.15, 0.2) is 0 Å². The Morgan fingerprint density at radius 3 is 1.22 bits per heavy atom. The van der Waals surface area contributed by atoms with Gasteiger partial charge in [-0.1, -0.05) is 18.2 Å². The molecule has 11 nitrogen and oxygen atoms in total. The zero-order valence-electron chi connectivity index (χ0n) is 21.6. The Kier molecular flexibility index (Phi) is 20.9. The molecule has 0 radical (unpaired) electrons. The van der Waals surface area contributed by atoms with Gasteiger partial charge in [-0.15, -0.1) is 0 Å². The van der Waals surface area contributed by atoms with E-state index in [1.807, 2.05) is 14.1 Å². The normalized spacial score (nSPS) is 12.0. The van der Waals surface area contributed by atoms with Gasteiger partial charge in [-0.2, -0.15) is 8.42 Å². The molecule has 0 amide bonds. The van der Waals surface area contributed by atoms with Crippen LogP contribution in [0.15, 0.2) is 35.2 Å². The molecule has 1 aromatic rings. The smallest absolute Gasteiger partial charge is 0.297 e. The van der Waals surface area contributed by atoms with Gasteiger partial charge in [0, 0.05) is 6.54 Å². The van der Waals surface area contributed by atoms with E-state index < -0.39 is 10.1 Å². The van der Waals surface area contributed by atoms with E-state index in [0.717, 1.165) is 6.54 Å². The number of benzene rings is 1. The number of ether oxygens (including phenoxy) is 7. The van der Waals surface area contributed by atoms with Gasteiger partial charge in [0.05, 0.1) is 104 Å². The summed E-state index contributed by atoms with van der Waals surface area (Å²) in [5.74, 6) is 0. The average molecular weight is 538 g/mol. The van der Waals surface area contributed by atoms with Crippen LogP contribution < -0.4 is 0 Å². The highest BCUT2D eigenvalue weighted by Gasteiger charge is 2.13. The minimum atomic E-state index is -3.74. The Morgan fingerprint density at radius 2 is 0.861 bits per heavy atom. The van der Waals surface area contributed by atoms with E-state index >= 15 is 0 Å². The molecular weight excluding hydrogens is 494 g/mol. The first-order chi connectivity index (χ1) is 17.5. The maximum absolute atomic E-state index is 11.9. The van der Waals surface area contributed by atoms with Crippen LogP contribution in [0.4, 0.5) is 0 Å². The predicted molar refractivity (Wildman–Crippen MR) is 134 cm³/mol. The second kappa shape index (κ2) is 23.0. The Labute approximate surface area is 216 Å². The molecule has 0 aliphatic heterocycles. The van der Waals surface area contributed by atoms with Crippen LogP contribution in [-0.4, -0.2) is 133 Å². The van der Waals surface area contributed by atoms with Gasteiger partial charge in [0.25, 0.3) is 10.1 Å². The lowest BCUT2D eigenvalue weighted by Gasteiger charge is -2.10. The van der Waals surface area contributed by atoms with Crippen molar-refractivity contribution in [3.63, 3.8) is 0 Å². The molecule has 210 valence electrons. The third-order valence-electron chi connectivity index (χ3n) is 4.41. The molecule has 0 fully saturated rings. The largest absolute Gasteiger partial charge is 0.378 e. The summed E-state index contributed by atoms with van der Waals surface area (Å²) < 4.78 is 66.6. The first-order valence-electron chi connectivity index (χ1n) is 12.2. The standard InChI is InChI=1S/C24H43NO10S/c1-25(2)8-9-28-10-11-29-12-13-30-14-15-31-16-17-32-18-19-33-20-21-34-22-23-35-36(26,27)24-6-4-3-5-7-24/h3-7H,8-23H2,1-2H3. The molecule has 0 N–H and O–H groups in total. The number of rotatable bonds is 26. The van der Waals surface area contributed by atoms with Crippen LogP contribution in [0.2, 0.25) is 0 Å². The van der Waals surface area contributed by atoms with Gasteiger partial charge in [-0.05, 0) is 26.2 Å². The molecule has 0 atom stereocenters. The SMILES string of the molecule is CN(C)CCOCCOCCOCCOCCOCCOCCOCCOS(=O)(=O)c1ccccc1. The first-order valence-corrected chi connectivity index (χ1v) is 13.6. The summed E-state index contributed by atoms with van der Waals surface area (Å²) in [6.07, 6.45) is 0. The highest BCUT2D eigenvalue weighted by molar-refractivity contribution is 7.86. The van der Waals surface area contributed by atoms with Crippen molar-refractivity contribution in [1.82, 2.24) is 4.90 Å². The zero-order valence-corrected chi connectivity index (χ0v) is 22.5. The molecule has 36 heavy (non-hydrogen) atoms. The molecular formula is C24H43NO10S. The third-order valence-corrected chi connectivity index (χ3v) is 5.74. The minimum absolute atomic E-state index is 0.0495. The second-order valence-electron chi connectivity index (χ2n) is 7.68. The van der Waals surface area contributed by atoms with Gasteiger partial charge >= 0.3 is 0 Å². The molecule has 1 rings (SSSR count). The summed E-state index contributed by atoms with van der Waals surface area (Å²) in [6.45, 7) is 7.53. The topological polar surface area (TPSA) is 111 Å². The van der Waals surface area contributed by atoms with Crippen LogP contribution in [0.3, 0.4) is 0 Å². The summed E-state index contributed by atoms with van der Waals surface area (Å²) in [5, 5.41) is 0. The van der Waals surface area contributed by atoms with Crippen molar-refractivity contribution in [2.75, 3.05) is 120 Å². The van der Waals surface area contributed by atoms with Gasteiger partial charge < -0.3 is 38.1 Å². The van der Waals surface area contributed by atoms with Gasteiger partial charge in [-0.25, -0.2) is 0 Å². The van der Waals surface area contributed by atoms with Crippen LogP contribution in [-0.2, 0) is 47.5 Å². The third kappa shape index (κ3) is 19.9. The van der Waals surface area contributed by atoms with Crippen molar-refractivity contribution in [2.24, 2.45) is 0 Å². The Balaban J connectivity index is 1.72. The number of hydrogen-bond donors (Lipinski definition) is 0. The Hall–Kier alpha value is -1.19. The Morgan fingerprint density at radius 1 is 0.528 bits per heavy atom. The van der Waals surface area contributed by atoms with E-state index in [1.54, 1.807) is 18.2 Å². The zero-order chi connectivity index (χ0) is 26.2. The predicted octanol–water partition coefficient (Wildman–Crippen LogP) is 1.07. The lowest BCUT2D eigenvalue weighted by atomic mass is 10.4. The summed E-state index contributed by atoms with van der Waals surface area (Å²) in [6, 6.07) is 7.99. The van der Waals surface area contributed by atoms with Gasteiger partial charge in [-0.3, -0.25) is 4.18 Å². The van der Waals surface area contributed by atoms with Crippen molar-refractivity contribution in [2.45, 2.75) is 4.90 Å². The Bertz CT molecular complexity index is 706. The van der Waals surface area contributed by atoms with E-state index in [1.165, 1.54) is 12.1 Å². The van der Waals surface area contributed by atoms with Crippen molar-refractivity contribution in [3.8, 4) is 0 Å². The molecule has 0 aliphatic carbocycles. The summed E-state index contributed by atoms with van der Waals surface area (Å²) in [5.41, 5.74) is 0. The highest BCUT2D eigenvalue weighted by Crippen LogP contribution is 2.10. The van der Waals surface area contributed by atoms with Crippen molar-refractivity contribution >= 4 is 10.1 Å². The van der Waals surface area contributed by atoms with Crippen molar-refractivity contribution < 1.29 is 45.8 Å². The van der Waals surface area contributed by atoms with E-state index in [9.17, 15) is 8.42 Å². The van der Waals surface area contributed by atoms with Crippen LogP contribution in [0.1, 0.15) is 0 Å².